The zero-order chi connectivity index (χ0) is 31.4. The molecule has 44 heavy (non-hydrogen) atoms. The lowest BCUT2D eigenvalue weighted by atomic mass is 9.98. The van der Waals surface area contributed by atoms with E-state index in [1.807, 2.05) is 48.5 Å². The molecule has 228 valence electrons. The first-order chi connectivity index (χ1) is 21.0. The number of nitrogens with one attached hydrogen (secondary N) is 1. The van der Waals surface area contributed by atoms with Gasteiger partial charge >= 0.3 is 18.2 Å². The molecule has 1 aliphatic rings. The Morgan fingerprint density at radius 1 is 1.00 bits per heavy atom. The third-order valence-corrected chi connectivity index (χ3v) is 8.36. The van der Waals surface area contributed by atoms with Crippen LogP contribution in [0.3, 0.4) is 0 Å². The molecule has 4 aromatic rings. The summed E-state index contributed by atoms with van der Waals surface area (Å²) in [7, 11) is 0. The highest BCUT2D eigenvalue weighted by molar-refractivity contribution is 7.08. The maximum absolute atomic E-state index is 13.7. The van der Waals surface area contributed by atoms with Gasteiger partial charge in [-0.15, -0.1) is 0 Å². The number of carbonyl (C=O) groups is 3. The van der Waals surface area contributed by atoms with Crippen LogP contribution < -0.4 is 10.2 Å². The largest absolute Gasteiger partial charge is 0.480 e. The molecular weight excluding hydrogens is 617 g/mol. The molecule has 0 saturated carbocycles. The van der Waals surface area contributed by atoms with Gasteiger partial charge in [-0.1, -0.05) is 66.2 Å². The Balaban J connectivity index is 1.34. The molecule has 0 fully saturated rings. The maximum atomic E-state index is 13.7. The van der Waals surface area contributed by atoms with Crippen LogP contribution in [0, 0.1) is 0 Å². The number of anilines is 1. The number of fused-ring (bicyclic) bond motifs is 3. The minimum Gasteiger partial charge on any atom is -0.480 e. The van der Waals surface area contributed by atoms with E-state index in [4.69, 9.17) is 16.3 Å². The number of hydrogen-bond acceptors (Lipinski definition) is 5. The van der Waals surface area contributed by atoms with Gasteiger partial charge in [-0.3, -0.25) is 14.5 Å². The van der Waals surface area contributed by atoms with E-state index in [0.29, 0.717) is 11.3 Å². The van der Waals surface area contributed by atoms with Crippen LogP contribution in [0.4, 0.5) is 23.7 Å². The average Bonchev–Trinajstić information content (AvgIpc) is 3.63. The fraction of sp³-hybridized carbons (Fsp3) is 0.219. The predicted molar refractivity (Wildman–Crippen MR) is 161 cm³/mol. The van der Waals surface area contributed by atoms with Crippen molar-refractivity contribution in [3.8, 4) is 11.1 Å². The molecule has 0 saturated heterocycles. The highest BCUT2D eigenvalue weighted by atomic mass is 35.5. The second-order valence-electron chi connectivity index (χ2n) is 10.2. The van der Waals surface area contributed by atoms with Gasteiger partial charge in [-0.25, -0.2) is 4.79 Å². The van der Waals surface area contributed by atoms with Gasteiger partial charge in [0.25, 0.3) is 0 Å². The molecule has 1 atom stereocenters. The molecule has 1 aliphatic carbocycles. The van der Waals surface area contributed by atoms with Crippen LogP contribution in [0.25, 0.3) is 11.1 Å². The van der Waals surface area contributed by atoms with Gasteiger partial charge < -0.3 is 15.2 Å². The van der Waals surface area contributed by atoms with Crippen LogP contribution in [-0.2, 0) is 26.9 Å². The molecule has 12 heteroatoms. The van der Waals surface area contributed by atoms with Crippen molar-refractivity contribution in [3.05, 3.63) is 111 Å². The lowest BCUT2D eigenvalue weighted by Gasteiger charge is -2.26. The number of carboxylic acids is 1. The average molecular weight is 643 g/mol. The van der Waals surface area contributed by atoms with E-state index in [-0.39, 0.29) is 25.4 Å². The first kappa shape index (κ1) is 31.1. The predicted octanol–water partition coefficient (Wildman–Crippen LogP) is 7.38. The topological polar surface area (TPSA) is 95.9 Å². The summed E-state index contributed by atoms with van der Waals surface area (Å²) in [6.45, 7) is -0.677. The Labute approximate surface area is 259 Å². The van der Waals surface area contributed by atoms with Gasteiger partial charge in [0.05, 0.1) is 16.3 Å². The zero-order valence-corrected chi connectivity index (χ0v) is 24.6. The molecule has 2 amide bonds. The van der Waals surface area contributed by atoms with Gasteiger partial charge in [0.2, 0.25) is 5.91 Å². The first-order valence-corrected chi connectivity index (χ1v) is 14.9. The Morgan fingerprint density at radius 2 is 1.66 bits per heavy atom. The summed E-state index contributed by atoms with van der Waals surface area (Å²) in [5.74, 6) is -2.21. The molecule has 2 N–H and O–H groups in total. The lowest BCUT2D eigenvalue weighted by molar-refractivity contribution is -0.138. The molecule has 0 unspecified atom stereocenters. The number of nitrogens with zero attached hydrogens (tertiary/aromatic N) is 1. The molecule has 0 radical (unpaired) electrons. The summed E-state index contributed by atoms with van der Waals surface area (Å²) in [5, 5.41) is 14.8. The summed E-state index contributed by atoms with van der Waals surface area (Å²) in [5.41, 5.74) is 3.82. The summed E-state index contributed by atoms with van der Waals surface area (Å²) in [6.07, 6.45) is -5.53. The maximum Gasteiger partial charge on any atom is 0.417 e. The number of rotatable bonds is 10. The molecule has 5 rings (SSSR count). The third kappa shape index (κ3) is 6.89. The standard InChI is InChI=1S/C32H26ClF3N2O5S/c33-27-15-19(9-11-26(27)32(34,35)36)10-12-28(30(41)38(16-29(39)40)20-13-14-44-18-20)37-31(42)43-17-25-23-7-3-1-5-21(23)22-6-2-4-8-24(22)25/h1-9,11,13-15,18,25,28H,10,12,16-17H2,(H,37,42)(H,39,40)/t28-/m0/s1. The number of carbonyl (C=O) groups excluding carboxylic acids is 2. The van der Waals surface area contributed by atoms with E-state index in [2.05, 4.69) is 5.32 Å². The number of alkyl carbamates (subject to hydrolysis) is 1. The van der Waals surface area contributed by atoms with E-state index in [1.165, 1.54) is 17.4 Å². The van der Waals surface area contributed by atoms with Gasteiger partial charge in [-0.05, 0) is 64.2 Å². The second kappa shape index (κ2) is 13.1. The number of aliphatic carboxylic acids is 1. The van der Waals surface area contributed by atoms with Crippen LogP contribution in [0.15, 0.2) is 83.6 Å². The van der Waals surface area contributed by atoms with Crippen molar-refractivity contribution in [1.82, 2.24) is 5.32 Å². The van der Waals surface area contributed by atoms with Crippen molar-refractivity contribution >= 4 is 46.6 Å². The molecular formula is C32H26ClF3N2O5S. The summed E-state index contributed by atoms with van der Waals surface area (Å²) in [4.78, 5) is 39.5. The van der Waals surface area contributed by atoms with Crippen LogP contribution in [-0.4, -0.2) is 42.3 Å². The second-order valence-corrected chi connectivity index (χ2v) is 11.4. The Kier molecular flexibility index (Phi) is 9.26. The van der Waals surface area contributed by atoms with Crippen molar-refractivity contribution in [3.63, 3.8) is 0 Å². The molecule has 1 heterocycles. The Morgan fingerprint density at radius 3 is 2.23 bits per heavy atom. The van der Waals surface area contributed by atoms with Crippen LogP contribution in [0.5, 0.6) is 0 Å². The number of amides is 2. The minimum absolute atomic E-state index is 0.0152. The van der Waals surface area contributed by atoms with Gasteiger partial charge in [0.15, 0.2) is 0 Å². The number of carboxylic acid groups (broad SMARTS) is 1. The molecule has 1 aromatic heterocycles. The first-order valence-electron chi connectivity index (χ1n) is 13.6. The van der Waals surface area contributed by atoms with E-state index in [1.54, 1.807) is 16.8 Å². The normalized spacial score (nSPS) is 13.1. The third-order valence-electron chi connectivity index (χ3n) is 7.37. The van der Waals surface area contributed by atoms with Crippen molar-refractivity contribution in [2.24, 2.45) is 0 Å². The van der Waals surface area contributed by atoms with Crippen LogP contribution in [0.2, 0.25) is 5.02 Å². The molecule has 3 aromatic carbocycles. The number of halogens is 4. The van der Waals surface area contributed by atoms with Crippen molar-refractivity contribution in [1.29, 1.82) is 0 Å². The molecule has 0 bridgehead atoms. The SMILES string of the molecule is O=C(O)CN(C(=O)[C@H](CCc1ccc(C(F)(F)F)c(Cl)c1)NC(=O)OCC1c2ccccc2-c2ccccc21)c1ccsc1. The minimum atomic E-state index is -4.63. The van der Waals surface area contributed by atoms with E-state index < -0.39 is 47.3 Å². The zero-order valence-electron chi connectivity index (χ0n) is 23.0. The highest BCUT2D eigenvalue weighted by Crippen LogP contribution is 2.44. The quantitative estimate of drug-likeness (QED) is 0.188. The number of aryl methyl sites for hydroxylation is 1. The lowest BCUT2D eigenvalue weighted by Crippen LogP contribution is -2.50. The van der Waals surface area contributed by atoms with Gasteiger partial charge in [0, 0.05) is 11.3 Å². The van der Waals surface area contributed by atoms with Gasteiger partial charge in [-0.2, -0.15) is 24.5 Å². The number of thiophene rings is 1. The Hall–Kier alpha value is -4.35. The highest BCUT2D eigenvalue weighted by Gasteiger charge is 2.34. The van der Waals surface area contributed by atoms with E-state index >= 15 is 0 Å². The van der Waals surface area contributed by atoms with Crippen LogP contribution in [0.1, 0.15) is 34.6 Å². The summed E-state index contributed by atoms with van der Waals surface area (Å²) >= 11 is 7.14. The number of benzene rings is 3. The molecule has 0 aliphatic heterocycles. The van der Waals surface area contributed by atoms with E-state index in [0.717, 1.165) is 39.3 Å². The molecule has 7 nitrogen and oxygen atoms in total. The number of ether oxygens (including phenoxy) is 1. The smallest absolute Gasteiger partial charge is 0.417 e. The monoisotopic (exact) mass is 642 g/mol. The van der Waals surface area contributed by atoms with Gasteiger partial charge in [0.1, 0.15) is 19.2 Å². The van der Waals surface area contributed by atoms with Crippen LogP contribution >= 0.6 is 22.9 Å². The van der Waals surface area contributed by atoms with E-state index in [9.17, 15) is 32.7 Å². The van der Waals surface area contributed by atoms with Crippen molar-refractivity contribution < 1.29 is 37.4 Å². The number of hydrogen-bond donors (Lipinski definition) is 2. The summed E-state index contributed by atoms with van der Waals surface area (Å²) in [6, 6.07) is 19.2. The number of alkyl halides is 3. The molecule has 0 spiro atoms. The fourth-order valence-electron chi connectivity index (χ4n) is 5.33. The Bertz CT molecular complexity index is 1630. The fourth-order valence-corrected chi connectivity index (χ4v) is 6.28. The summed E-state index contributed by atoms with van der Waals surface area (Å²) < 4.78 is 45.1. The van der Waals surface area contributed by atoms with Crippen molar-refractivity contribution in [2.75, 3.05) is 18.1 Å². The van der Waals surface area contributed by atoms with Crippen molar-refractivity contribution in [2.45, 2.75) is 31.0 Å².